The van der Waals surface area contributed by atoms with Crippen molar-refractivity contribution in [2.45, 2.75) is 46.5 Å². The van der Waals surface area contributed by atoms with Crippen LogP contribution in [0.1, 0.15) is 54.2 Å². The van der Waals surface area contributed by atoms with Crippen molar-refractivity contribution in [2.24, 2.45) is 5.92 Å². The average molecular weight is 367 g/mol. The summed E-state index contributed by atoms with van der Waals surface area (Å²) in [7, 11) is 0. The van der Waals surface area contributed by atoms with Crippen LogP contribution in [-0.2, 0) is 4.79 Å². The first-order valence-electron chi connectivity index (χ1n) is 9.94. The lowest BCUT2D eigenvalue weighted by atomic mass is 9.96. The average Bonchev–Trinajstić information content (AvgIpc) is 2.67. The smallest absolute Gasteiger partial charge is 0.255 e. The molecule has 5 heteroatoms. The molecule has 1 fully saturated rings. The molecular formula is C22H29N3O2. The van der Waals surface area contributed by atoms with Gasteiger partial charge in [-0.3, -0.25) is 14.6 Å². The fraction of sp³-hybridized carbons (Fsp3) is 0.500. The number of unbranched alkanes of at least 4 members (excludes halogenated alkanes) is 1. The van der Waals surface area contributed by atoms with Gasteiger partial charge in [-0.1, -0.05) is 25.5 Å². The van der Waals surface area contributed by atoms with Gasteiger partial charge < -0.3 is 10.2 Å². The number of pyridine rings is 1. The molecule has 0 aliphatic carbocycles. The molecule has 1 saturated heterocycles. The van der Waals surface area contributed by atoms with Crippen molar-refractivity contribution in [3.8, 4) is 0 Å². The minimum absolute atomic E-state index is 0.0199. The predicted octanol–water partition coefficient (Wildman–Crippen LogP) is 3.62. The summed E-state index contributed by atoms with van der Waals surface area (Å²) < 4.78 is 0. The van der Waals surface area contributed by atoms with Crippen LogP contribution in [0.25, 0.3) is 10.9 Å². The highest BCUT2D eigenvalue weighted by atomic mass is 16.2. The number of hydrogen-bond acceptors (Lipinski definition) is 3. The first-order chi connectivity index (χ1) is 13.0. The van der Waals surface area contributed by atoms with Crippen LogP contribution >= 0.6 is 0 Å². The Hall–Kier alpha value is -2.43. The van der Waals surface area contributed by atoms with E-state index >= 15 is 0 Å². The van der Waals surface area contributed by atoms with Crippen LogP contribution < -0.4 is 5.32 Å². The lowest BCUT2D eigenvalue weighted by Crippen LogP contribution is -2.45. The quantitative estimate of drug-likeness (QED) is 0.821. The number of amides is 2. The van der Waals surface area contributed by atoms with E-state index in [9.17, 15) is 9.59 Å². The van der Waals surface area contributed by atoms with Crippen molar-refractivity contribution >= 4 is 22.7 Å². The summed E-state index contributed by atoms with van der Waals surface area (Å²) in [5.41, 5.74) is 3.45. The maximum atomic E-state index is 13.1. The minimum atomic E-state index is -0.115. The van der Waals surface area contributed by atoms with Crippen molar-refractivity contribution in [1.29, 1.82) is 0 Å². The number of benzene rings is 1. The number of aryl methyl sites for hydroxylation is 2. The molecule has 2 amide bonds. The number of aromatic nitrogens is 1. The lowest BCUT2D eigenvalue weighted by Gasteiger charge is -2.32. The first-order valence-corrected chi connectivity index (χ1v) is 9.94. The molecule has 1 aromatic carbocycles. The van der Waals surface area contributed by atoms with Gasteiger partial charge in [0.2, 0.25) is 5.91 Å². The third-order valence-corrected chi connectivity index (χ3v) is 5.30. The Morgan fingerprint density at radius 2 is 2.07 bits per heavy atom. The Balaban J connectivity index is 1.75. The Kier molecular flexibility index (Phi) is 6.09. The van der Waals surface area contributed by atoms with E-state index in [0.29, 0.717) is 25.2 Å². The van der Waals surface area contributed by atoms with Crippen LogP contribution in [0.5, 0.6) is 0 Å². The van der Waals surface area contributed by atoms with E-state index < -0.39 is 0 Å². The number of nitrogens with zero attached hydrogens (tertiary/aromatic N) is 2. The van der Waals surface area contributed by atoms with Crippen LogP contribution in [0.2, 0.25) is 0 Å². The van der Waals surface area contributed by atoms with Gasteiger partial charge in [-0.2, -0.15) is 0 Å². The molecule has 1 unspecified atom stereocenters. The largest absolute Gasteiger partial charge is 0.356 e. The topological polar surface area (TPSA) is 62.3 Å². The zero-order valence-electron chi connectivity index (χ0n) is 16.5. The molecule has 2 heterocycles. The second-order valence-corrected chi connectivity index (χ2v) is 7.55. The van der Waals surface area contributed by atoms with E-state index in [4.69, 9.17) is 0 Å². The zero-order valence-corrected chi connectivity index (χ0v) is 16.5. The highest BCUT2D eigenvalue weighted by Gasteiger charge is 2.29. The van der Waals surface area contributed by atoms with Gasteiger partial charge in [-0.15, -0.1) is 0 Å². The second-order valence-electron chi connectivity index (χ2n) is 7.55. The van der Waals surface area contributed by atoms with Gasteiger partial charge in [0.1, 0.15) is 0 Å². The molecule has 1 atom stereocenters. The van der Waals surface area contributed by atoms with Gasteiger partial charge in [0, 0.05) is 25.0 Å². The summed E-state index contributed by atoms with van der Waals surface area (Å²) in [5.74, 6) is -0.0609. The number of hydrogen-bond donors (Lipinski definition) is 1. The number of nitrogens with one attached hydrogen (secondary N) is 1. The molecule has 1 N–H and O–H groups in total. The Labute approximate surface area is 161 Å². The Bertz CT molecular complexity index is 847. The van der Waals surface area contributed by atoms with E-state index in [0.717, 1.165) is 47.8 Å². The molecule has 1 aliphatic rings. The molecule has 0 bridgehead atoms. The van der Waals surface area contributed by atoms with E-state index in [1.807, 2.05) is 43.0 Å². The summed E-state index contributed by atoms with van der Waals surface area (Å²) in [6.45, 7) is 7.93. The lowest BCUT2D eigenvalue weighted by molar-refractivity contribution is -0.126. The second kappa shape index (κ2) is 8.51. The van der Waals surface area contributed by atoms with E-state index in [1.54, 1.807) is 0 Å². The van der Waals surface area contributed by atoms with Crippen LogP contribution in [0.15, 0.2) is 24.3 Å². The summed E-state index contributed by atoms with van der Waals surface area (Å²) >= 11 is 0. The van der Waals surface area contributed by atoms with Gasteiger partial charge in [-0.05, 0) is 50.8 Å². The van der Waals surface area contributed by atoms with Crippen LogP contribution in [-0.4, -0.2) is 41.3 Å². The number of fused-ring (bicyclic) bond motifs is 1. The Morgan fingerprint density at radius 3 is 2.85 bits per heavy atom. The van der Waals surface area contributed by atoms with E-state index in [2.05, 4.69) is 17.2 Å². The third kappa shape index (κ3) is 4.46. The zero-order chi connectivity index (χ0) is 19.4. The van der Waals surface area contributed by atoms with Gasteiger partial charge in [-0.25, -0.2) is 0 Å². The van der Waals surface area contributed by atoms with Crippen LogP contribution in [0.3, 0.4) is 0 Å². The number of likely N-dealkylation sites (tertiary alicyclic amines) is 1. The predicted molar refractivity (Wildman–Crippen MR) is 108 cm³/mol. The van der Waals surface area contributed by atoms with Crippen molar-refractivity contribution in [2.75, 3.05) is 19.6 Å². The molecule has 144 valence electrons. The molecule has 1 aliphatic heterocycles. The van der Waals surface area contributed by atoms with Crippen LogP contribution in [0, 0.1) is 19.8 Å². The van der Waals surface area contributed by atoms with Gasteiger partial charge in [0.15, 0.2) is 0 Å². The summed E-state index contributed by atoms with van der Waals surface area (Å²) in [5, 5.41) is 3.98. The van der Waals surface area contributed by atoms with Crippen molar-refractivity contribution in [1.82, 2.24) is 15.2 Å². The molecule has 0 spiro atoms. The highest BCUT2D eigenvalue weighted by molar-refractivity contribution is 5.99. The molecule has 3 rings (SSSR count). The monoisotopic (exact) mass is 367 g/mol. The molecule has 27 heavy (non-hydrogen) atoms. The summed E-state index contributed by atoms with van der Waals surface area (Å²) in [6.07, 6.45) is 3.75. The fourth-order valence-electron chi connectivity index (χ4n) is 3.67. The third-order valence-electron chi connectivity index (χ3n) is 5.30. The molecule has 1 aromatic heterocycles. The van der Waals surface area contributed by atoms with E-state index in [-0.39, 0.29) is 17.7 Å². The molecule has 0 saturated carbocycles. The van der Waals surface area contributed by atoms with Crippen LogP contribution in [0.4, 0.5) is 0 Å². The van der Waals surface area contributed by atoms with Crippen molar-refractivity contribution in [3.05, 3.63) is 41.1 Å². The fourth-order valence-corrected chi connectivity index (χ4v) is 3.67. The number of carbonyl (C=O) groups excluding carboxylic acids is 2. The standard InChI is InChI=1S/C22H29N3O2/c1-4-5-10-23-21(26)18-7-6-11-25(14-18)22(27)19-13-17-9-8-15(2)12-20(17)24-16(19)3/h8-9,12-13,18H,4-7,10-11,14H2,1-3H3,(H,23,26). The minimum Gasteiger partial charge on any atom is -0.356 e. The normalized spacial score (nSPS) is 17.1. The first kappa shape index (κ1) is 19.3. The van der Waals surface area contributed by atoms with Gasteiger partial charge >= 0.3 is 0 Å². The Morgan fingerprint density at radius 1 is 1.26 bits per heavy atom. The number of rotatable bonds is 5. The van der Waals surface area contributed by atoms with Gasteiger partial charge in [0.25, 0.3) is 5.91 Å². The maximum absolute atomic E-state index is 13.1. The highest BCUT2D eigenvalue weighted by Crippen LogP contribution is 2.23. The van der Waals surface area contributed by atoms with Crippen molar-refractivity contribution in [3.63, 3.8) is 0 Å². The summed E-state index contributed by atoms with van der Waals surface area (Å²) in [4.78, 5) is 32.0. The molecular weight excluding hydrogens is 338 g/mol. The van der Waals surface area contributed by atoms with Gasteiger partial charge in [0.05, 0.1) is 22.7 Å². The van der Waals surface area contributed by atoms with E-state index in [1.165, 1.54) is 0 Å². The molecule has 2 aromatic rings. The SMILES string of the molecule is CCCCNC(=O)C1CCCN(C(=O)c2cc3ccc(C)cc3nc2C)C1. The van der Waals surface area contributed by atoms with Crippen molar-refractivity contribution < 1.29 is 9.59 Å². The maximum Gasteiger partial charge on any atom is 0.255 e. The molecule has 0 radical (unpaired) electrons. The number of carbonyl (C=O) groups is 2. The summed E-state index contributed by atoms with van der Waals surface area (Å²) in [6, 6.07) is 8.01. The number of piperidine rings is 1. The molecule has 5 nitrogen and oxygen atoms in total.